The molecule has 5 nitrogen and oxygen atoms in total. The minimum Gasteiger partial charge on any atom is -0.381 e. The zero-order valence-electron chi connectivity index (χ0n) is 10.1. The molecule has 1 aromatic heterocycles. The van der Waals surface area contributed by atoms with Crippen LogP contribution in [0.4, 0.5) is 5.69 Å². The van der Waals surface area contributed by atoms with Gasteiger partial charge in [-0.1, -0.05) is 6.07 Å². The lowest BCUT2D eigenvalue weighted by atomic mass is 10.2. The van der Waals surface area contributed by atoms with E-state index in [1.165, 1.54) is 6.33 Å². The van der Waals surface area contributed by atoms with E-state index in [-0.39, 0.29) is 5.91 Å². The lowest BCUT2D eigenvalue weighted by molar-refractivity contribution is 0.0963. The summed E-state index contributed by atoms with van der Waals surface area (Å²) >= 11 is 0. The van der Waals surface area contributed by atoms with E-state index >= 15 is 0 Å². The minimum absolute atomic E-state index is 0.0957. The molecule has 2 rings (SSSR count). The number of aromatic nitrogens is 2. The normalized spacial score (nSPS) is 9.83. The first-order valence-electron chi connectivity index (χ1n) is 5.59. The maximum Gasteiger partial charge on any atom is 0.251 e. The zero-order valence-corrected chi connectivity index (χ0v) is 10.1. The molecule has 0 spiro atoms. The number of amides is 1. The molecule has 1 heterocycles. The summed E-state index contributed by atoms with van der Waals surface area (Å²) in [5.74, 6) is -0.0957. The number of benzene rings is 1. The second kappa shape index (κ2) is 5.77. The van der Waals surface area contributed by atoms with Crippen LogP contribution in [0.5, 0.6) is 0 Å². The SMILES string of the molecule is CNC(=O)c1cccc(NCc2cncnc2)c1. The number of nitrogens with zero attached hydrogens (tertiary/aromatic N) is 2. The van der Waals surface area contributed by atoms with Crippen molar-refractivity contribution in [3.63, 3.8) is 0 Å². The fourth-order valence-corrected chi connectivity index (χ4v) is 1.54. The van der Waals surface area contributed by atoms with Crippen LogP contribution in [0.2, 0.25) is 0 Å². The molecule has 0 atom stereocenters. The summed E-state index contributed by atoms with van der Waals surface area (Å²) in [6.45, 7) is 0.623. The Bertz CT molecular complexity index is 528. The molecule has 18 heavy (non-hydrogen) atoms. The predicted molar refractivity (Wildman–Crippen MR) is 69.2 cm³/mol. The van der Waals surface area contributed by atoms with E-state index in [9.17, 15) is 4.79 Å². The van der Waals surface area contributed by atoms with E-state index in [1.54, 1.807) is 25.5 Å². The molecule has 5 heteroatoms. The van der Waals surface area contributed by atoms with Crippen molar-refractivity contribution in [2.75, 3.05) is 12.4 Å². The van der Waals surface area contributed by atoms with E-state index in [0.29, 0.717) is 12.1 Å². The number of carbonyl (C=O) groups excluding carboxylic acids is 1. The van der Waals surface area contributed by atoms with Gasteiger partial charge in [0.2, 0.25) is 0 Å². The highest BCUT2D eigenvalue weighted by Crippen LogP contribution is 2.11. The molecule has 0 unspecified atom stereocenters. The Hall–Kier alpha value is -2.43. The number of nitrogens with one attached hydrogen (secondary N) is 2. The highest BCUT2D eigenvalue weighted by Gasteiger charge is 2.03. The lowest BCUT2D eigenvalue weighted by Crippen LogP contribution is -2.17. The van der Waals surface area contributed by atoms with Gasteiger partial charge in [0.25, 0.3) is 5.91 Å². The Balaban J connectivity index is 2.04. The first kappa shape index (κ1) is 12.0. The molecular weight excluding hydrogens is 228 g/mol. The molecule has 0 bridgehead atoms. The van der Waals surface area contributed by atoms with Crippen molar-refractivity contribution >= 4 is 11.6 Å². The second-order valence-corrected chi connectivity index (χ2v) is 3.76. The summed E-state index contributed by atoms with van der Waals surface area (Å²) in [7, 11) is 1.61. The van der Waals surface area contributed by atoms with Crippen LogP contribution in [0.25, 0.3) is 0 Å². The molecule has 0 fully saturated rings. The number of anilines is 1. The van der Waals surface area contributed by atoms with Crippen LogP contribution in [-0.2, 0) is 6.54 Å². The molecule has 0 aliphatic heterocycles. The van der Waals surface area contributed by atoms with Crippen LogP contribution in [0.3, 0.4) is 0 Å². The lowest BCUT2D eigenvalue weighted by Gasteiger charge is -2.07. The van der Waals surface area contributed by atoms with E-state index in [2.05, 4.69) is 20.6 Å². The topological polar surface area (TPSA) is 66.9 Å². The third kappa shape index (κ3) is 3.04. The highest BCUT2D eigenvalue weighted by atomic mass is 16.1. The Morgan fingerprint density at radius 3 is 2.78 bits per heavy atom. The van der Waals surface area contributed by atoms with Gasteiger partial charge in [-0.3, -0.25) is 4.79 Å². The van der Waals surface area contributed by atoms with Crippen molar-refractivity contribution in [2.24, 2.45) is 0 Å². The molecule has 1 amide bonds. The van der Waals surface area contributed by atoms with Crippen LogP contribution < -0.4 is 10.6 Å². The van der Waals surface area contributed by atoms with Gasteiger partial charge in [-0.25, -0.2) is 9.97 Å². The first-order chi connectivity index (χ1) is 8.79. The number of carbonyl (C=O) groups is 1. The Morgan fingerprint density at radius 1 is 1.28 bits per heavy atom. The summed E-state index contributed by atoms with van der Waals surface area (Å²) in [6, 6.07) is 7.34. The van der Waals surface area contributed by atoms with Crippen LogP contribution in [0.15, 0.2) is 43.0 Å². The second-order valence-electron chi connectivity index (χ2n) is 3.76. The summed E-state index contributed by atoms with van der Waals surface area (Å²) in [4.78, 5) is 19.4. The predicted octanol–water partition coefficient (Wildman–Crippen LogP) is 1.45. The van der Waals surface area contributed by atoms with Gasteiger partial charge in [-0.2, -0.15) is 0 Å². The Labute approximate surface area is 105 Å². The number of rotatable bonds is 4. The summed E-state index contributed by atoms with van der Waals surface area (Å²) < 4.78 is 0. The van der Waals surface area contributed by atoms with Crippen LogP contribution in [0.1, 0.15) is 15.9 Å². The first-order valence-corrected chi connectivity index (χ1v) is 5.59. The maximum atomic E-state index is 11.5. The van der Waals surface area contributed by atoms with Crippen molar-refractivity contribution in [1.29, 1.82) is 0 Å². The van der Waals surface area contributed by atoms with Crippen LogP contribution >= 0.6 is 0 Å². The minimum atomic E-state index is -0.0957. The van der Waals surface area contributed by atoms with Gasteiger partial charge in [-0.15, -0.1) is 0 Å². The van der Waals surface area contributed by atoms with Gasteiger partial charge in [0.05, 0.1) is 0 Å². The van der Waals surface area contributed by atoms with Crippen molar-refractivity contribution in [1.82, 2.24) is 15.3 Å². The average molecular weight is 242 g/mol. The van der Waals surface area contributed by atoms with Crippen molar-refractivity contribution in [2.45, 2.75) is 6.54 Å². The van der Waals surface area contributed by atoms with Crippen LogP contribution in [-0.4, -0.2) is 22.9 Å². The molecule has 0 saturated carbocycles. The highest BCUT2D eigenvalue weighted by molar-refractivity contribution is 5.94. The van der Waals surface area contributed by atoms with E-state index < -0.39 is 0 Å². The molecule has 92 valence electrons. The Kier molecular flexibility index (Phi) is 3.86. The molecule has 0 saturated heterocycles. The van der Waals surface area contributed by atoms with Crippen molar-refractivity contribution in [3.05, 3.63) is 54.1 Å². The molecule has 0 radical (unpaired) electrons. The molecule has 2 aromatic rings. The quantitative estimate of drug-likeness (QED) is 0.851. The maximum absolute atomic E-state index is 11.5. The van der Waals surface area contributed by atoms with Gasteiger partial charge in [-0.05, 0) is 18.2 Å². The zero-order chi connectivity index (χ0) is 12.8. The molecular formula is C13H14N4O. The van der Waals surface area contributed by atoms with Crippen LogP contribution in [0, 0.1) is 0 Å². The van der Waals surface area contributed by atoms with Crippen molar-refractivity contribution in [3.8, 4) is 0 Å². The van der Waals surface area contributed by atoms with Gasteiger partial charge in [0, 0.05) is 42.8 Å². The summed E-state index contributed by atoms with van der Waals surface area (Å²) in [5.41, 5.74) is 2.51. The third-order valence-electron chi connectivity index (χ3n) is 2.46. The fraction of sp³-hybridized carbons (Fsp3) is 0.154. The summed E-state index contributed by atoms with van der Waals surface area (Å²) in [6.07, 6.45) is 5.00. The Morgan fingerprint density at radius 2 is 2.06 bits per heavy atom. The molecule has 0 aliphatic carbocycles. The van der Waals surface area contributed by atoms with Gasteiger partial charge < -0.3 is 10.6 Å². The van der Waals surface area contributed by atoms with E-state index in [0.717, 1.165) is 11.3 Å². The van der Waals surface area contributed by atoms with Gasteiger partial charge >= 0.3 is 0 Å². The van der Waals surface area contributed by atoms with E-state index in [4.69, 9.17) is 0 Å². The van der Waals surface area contributed by atoms with Crippen molar-refractivity contribution < 1.29 is 4.79 Å². The smallest absolute Gasteiger partial charge is 0.251 e. The fourth-order valence-electron chi connectivity index (χ4n) is 1.54. The van der Waals surface area contributed by atoms with E-state index in [1.807, 2.05) is 18.2 Å². The largest absolute Gasteiger partial charge is 0.381 e. The van der Waals surface area contributed by atoms with Gasteiger partial charge in [0.15, 0.2) is 0 Å². The number of hydrogen-bond donors (Lipinski definition) is 2. The summed E-state index contributed by atoms with van der Waals surface area (Å²) in [5, 5.41) is 5.82. The third-order valence-corrected chi connectivity index (χ3v) is 2.46. The molecule has 0 aliphatic rings. The van der Waals surface area contributed by atoms with Gasteiger partial charge in [0.1, 0.15) is 6.33 Å². The standard InChI is InChI=1S/C13H14N4O/c1-14-13(18)11-3-2-4-12(5-11)17-8-10-6-15-9-16-7-10/h2-7,9,17H,8H2,1H3,(H,14,18). The monoisotopic (exact) mass is 242 g/mol. The molecule has 2 N–H and O–H groups in total. The molecule has 1 aromatic carbocycles. The number of hydrogen-bond acceptors (Lipinski definition) is 4. The average Bonchev–Trinajstić information content (AvgIpc) is 2.45.